The lowest BCUT2D eigenvalue weighted by molar-refractivity contribution is 0.331. The molecule has 0 aliphatic carbocycles. The number of rotatable bonds is 8. The van der Waals surface area contributed by atoms with Gasteiger partial charge in [-0.05, 0) is 49.7 Å². The van der Waals surface area contributed by atoms with Gasteiger partial charge in [0.2, 0.25) is 0 Å². The highest BCUT2D eigenvalue weighted by molar-refractivity contribution is 7.85. The molecule has 5 nitrogen and oxygen atoms in total. The van der Waals surface area contributed by atoms with E-state index in [4.69, 9.17) is 55.9 Å². The van der Waals surface area contributed by atoms with Gasteiger partial charge in [0.15, 0.2) is 0 Å². The van der Waals surface area contributed by atoms with E-state index in [1.165, 1.54) is 24.3 Å². The summed E-state index contributed by atoms with van der Waals surface area (Å²) in [4.78, 5) is -0.299. The van der Waals surface area contributed by atoms with E-state index in [-0.39, 0.29) is 33.7 Å². The van der Waals surface area contributed by atoms with E-state index in [1.54, 1.807) is 38.1 Å². The van der Waals surface area contributed by atoms with Crippen LogP contribution >= 0.6 is 46.4 Å². The summed E-state index contributed by atoms with van der Waals surface area (Å²) < 4.78 is 46.2. The molecule has 3 aromatic carbocycles. The summed E-state index contributed by atoms with van der Waals surface area (Å²) in [6.07, 6.45) is 0. The zero-order valence-electron chi connectivity index (χ0n) is 17.6. The largest absolute Gasteiger partial charge is 0.492 e. The second kappa shape index (κ2) is 10.7. The first kappa shape index (κ1) is 25.9. The van der Waals surface area contributed by atoms with Crippen molar-refractivity contribution in [1.82, 2.24) is 0 Å². The fourth-order valence-corrected chi connectivity index (χ4v) is 5.50. The van der Waals surface area contributed by atoms with Crippen LogP contribution in [0.2, 0.25) is 20.1 Å². The van der Waals surface area contributed by atoms with Crippen LogP contribution in [0.5, 0.6) is 11.5 Å². The molecule has 0 aliphatic rings. The molecule has 0 heterocycles. The van der Waals surface area contributed by atoms with Gasteiger partial charge in [-0.1, -0.05) is 64.6 Å². The lowest BCUT2D eigenvalue weighted by atomic mass is 9.84. The summed E-state index contributed by atoms with van der Waals surface area (Å²) in [5.74, 6) is -0.270. The molecule has 3 aromatic rings. The molecule has 10 heteroatoms. The van der Waals surface area contributed by atoms with Gasteiger partial charge in [-0.2, -0.15) is 8.42 Å². The van der Waals surface area contributed by atoms with Crippen LogP contribution in [0.4, 0.5) is 0 Å². The maximum Gasteiger partial charge on any atom is 0.294 e. The molecule has 0 fully saturated rings. The van der Waals surface area contributed by atoms with Gasteiger partial charge in [-0.3, -0.25) is 4.55 Å². The van der Waals surface area contributed by atoms with Crippen molar-refractivity contribution in [2.24, 2.45) is 0 Å². The molecule has 3 rings (SSSR count). The second-order valence-electron chi connectivity index (χ2n) is 6.92. The van der Waals surface area contributed by atoms with Gasteiger partial charge in [0.05, 0.1) is 28.2 Å². The topological polar surface area (TPSA) is 72.8 Å². The SMILES string of the molecule is CCOc1c(Cl)cc(Cl)cc1C(c1ccccc1S(=O)(=O)O)c1cc(Cl)cc(Cl)c1OCC. The first-order valence-electron chi connectivity index (χ1n) is 9.88. The Morgan fingerprint density at radius 2 is 1.24 bits per heavy atom. The molecule has 0 saturated heterocycles. The smallest absolute Gasteiger partial charge is 0.294 e. The van der Waals surface area contributed by atoms with E-state index >= 15 is 0 Å². The molecule has 0 aromatic heterocycles. The van der Waals surface area contributed by atoms with Crippen LogP contribution in [0.25, 0.3) is 0 Å². The van der Waals surface area contributed by atoms with Gasteiger partial charge < -0.3 is 9.47 Å². The summed E-state index contributed by atoms with van der Waals surface area (Å²) in [6, 6.07) is 12.3. The molecular formula is C23H20Cl4O5S. The van der Waals surface area contributed by atoms with Gasteiger partial charge in [0, 0.05) is 27.1 Å². The Hall–Kier alpha value is -1.67. The molecule has 0 amide bonds. The van der Waals surface area contributed by atoms with Gasteiger partial charge in [0.1, 0.15) is 11.5 Å². The fraction of sp³-hybridized carbons (Fsp3) is 0.217. The molecular weight excluding hydrogens is 530 g/mol. The Morgan fingerprint density at radius 1 is 0.788 bits per heavy atom. The van der Waals surface area contributed by atoms with E-state index < -0.39 is 16.0 Å². The van der Waals surface area contributed by atoms with Gasteiger partial charge >= 0.3 is 0 Å². The third kappa shape index (κ3) is 5.70. The zero-order chi connectivity index (χ0) is 24.3. The molecule has 0 spiro atoms. The Morgan fingerprint density at radius 3 is 1.67 bits per heavy atom. The van der Waals surface area contributed by atoms with Gasteiger partial charge in [-0.15, -0.1) is 0 Å². The summed E-state index contributed by atoms with van der Waals surface area (Å²) >= 11 is 25.6. The van der Waals surface area contributed by atoms with E-state index in [1.807, 2.05) is 0 Å². The lowest BCUT2D eigenvalue weighted by Gasteiger charge is -2.26. The van der Waals surface area contributed by atoms with Crippen LogP contribution in [-0.2, 0) is 10.1 Å². The van der Waals surface area contributed by atoms with Gasteiger partial charge in [-0.25, -0.2) is 0 Å². The van der Waals surface area contributed by atoms with Crippen LogP contribution in [0, 0.1) is 0 Å². The number of benzene rings is 3. The molecule has 0 aliphatic heterocycles. The van der Waals surface area contributed by atoms with Crippen molar-refractivity contribution >= 4 is 56.5 Å². The monoisotopic (exact) mass is 548 g/mol. The minimum atomic E-state index is -4.60. The summed E-state index contributed by atoms with van der Waals surface area (Å²) in [5.41, 5.74) is 1.13. The molecule has 33 heavy (non-hydrogen) atoms. The highest BCUT2D eigenvalue weighted by Crippen LogP contribution is 2.48. The molecule has 176 valence electrons. The molecule has 0 saturated carbocycles. The van der Waals surface area contributed by atoms with Crippen LogP contribution in [-0.4, -0.2) is 26.2 Å². The van der Waals surface area contributed by atoms with Crippen molar-refractivity contribution in [1.29, 1.82) is 0 Å². The normalized spacial score (nSPS) is 11.6. The maximum absolute atomic E-state index is 12.3. The van der Waals surface area contributed by atoms with Crippen molar-refractivity contribution in [2.45, 2.75) is 24.7 Å². The Balaban J connectivity index is 2.50. The predicted octanol–water partition coefficient (Wildman–Crippen LogP) is 7.52. The molecule has 0 bridgehead atoms. The van der Waals surface area contributed by atoms with Crippen LogP contribution in [0.15, 0.2) is 53.4 Å². The van der Waals surface area contributed by atoms with E-state index in [2.05, 4.69) is 0 Å². The second-order valence-corrected chi connectivity index (χ2v) is 10.0. The maximum atomic E-state index is 12.3. The van der Waals surface area contributed by atoms with Crippen LogP contribution in [0.3, 0.4) is 0 Å². The third-order valence-electron chi connectivity index (χ3n) is 4.78. The van der Waals surface area contributed by atoms with Gasteiger partial charge in [0.25, 0.3) is 10.1 Å². The Bertz CT molecular complexity index is 1220. The highest BCUT2D eigenvalue weighted by Gasteiger charge is 2.31. The number of hydrogen-bond acceptors (Lipinski definition) is 4. The summed E-state index contributed by atoms with van der Waals surface area (Å²) in [7, 11) is -4.60. The molecule has 1 N–H and O–H groups in total. The first-order chi connectivity index (χ1) is 15.6. The van der Waals surface area contributed by atoms with Crippen molar-refractivity contribution in [3.8, 4) is 11.5 Å². The summed E-state index contributed by atoms with van der Waals surface area (Å²) in [6.45, 7) is 4.15. The Kier molecular flexibility index (Phi) is 8.43. The van der Waals surface area contributed by atoms with Crippen LogP contribution < -0.4 is 9.47 Å². The average Bonchev–Trinajstić information content (AvgIpc) is 2.72. The third-order valence-corrected chi connectivity index (χ3v) is 6.71. The summed E-state index contributed by atoms with van der Waals surface area (Å²) in [5, 5.41) is 1.08. The van der Waals surface area contributed by atoms with Crippen molar-refractivity contribution in [3.63, 3.8) is 0 Å². The minimum absolute atomic E-state index is 0.235. The zero-order valence-corrected chi connectivity index (χ0v) is 21.5. The van der Waals surface area contributed by atoms with Crippen LogP contribution in [0.1, 0.15) is 36.5 Å². The van der Waals surface area contributed by atoms with E-state index in [0.717, 1.165) is 0 Å². The highest BCUT2D eigenvalue weighted by atomic mass is 35.5. The van der Waals surface area contributed by atoms with Crippen molar-refractivity contribution in [3.05, 3.63) is 85.3 Å². The minimum Gasteiger partial charge on any atom is -0.492 e. The number of ether oxygens (including phenoxy) is 2. The van der Waals surface area contributed by atoms with Crippen molar-refractivity contribution < 1.29 is 22.4 Å². The van der Waals surface area contributed by atoms with E-state index in [0.29, 0.717) is 32.7 Å². The van der Waals surface area contributed by atoms with E-state index in [9.17, 15) is 13.0 Å². The number of halogens is 4. The quantitative estimate of drug-likeness (QED) is 0.232. The Labute approximate surface area is 212 Å². The van der Waals surface area contributed by atoms with Crippen molar-refractivity contribution in [2.75, 3.05) is 13.2 Å². The predicted molar refractivity (Wildman–Crippen MR) is 132 cm³/mol. The number of hydrogen-bond donors (Lipinski definition) is 1. The lowest BCUT2D eigenvalue weighted by Crippen LogP contribution is -2.13. The fourth-order valence-electron chi connectivity index (χ4n) is 3.64. The average molecular weight is 550 g/mol. The molecule has 0 atom stereocenters. The molecule has 0 radical (unpaired) electrons. The first-order valence-corrected chi connectivity index (χ1v) is 12.8. The standard InChI is InChI=1S/C23H20Cl4O5S/c1-3-31-22-16(9-13(24)11-18(22)26)21(15-7-5-6-8-20(15)33(28,29)30)17-10-14(25)12-19(27)23(17)32-4-2/h5-12,21H,3-4H2,1-2H3,(H,28,29,30). The molecule has 0 unspecified atom stereocenters.